The lowest BCUT2D eigenvalue weighted by Crippen LogP contribution is -2.41. The summed E-state index contributed by atoms with van der Waals surface area (Å²) in [4.78, 5) is 14.1. The van der Waals surface area contributed by atoms with Gasteiger partial charge < -0.3 is 4.90 Å². The maximum atomic E-state index is 12.0. The summed E-state index contributed by atoms with van der Waals surface area (Å²) in [6, 6.07) is 0.635. The molecular weight excluding hydrogens is 210 g/mol. The van der Waals surface area contributed by atoms with Gasteiger partial charge in [0.25, 0.3) is 0 Å². The van der Waals surface area contributed by atoms with E-state index in [0.717, 1.165) is 12.3 Å². The number of rotatable bonds is 8. The lowest BCUT2D eigenvalue weighted by Gasteiger charge is -2.30. The SMILES string of the molecule is CC(C)CCCCCC(=O)N(C(C)C)C(C)C. The van der Waals surface area contributed by atoms with Gasteiger partial charge in [-0.1, -0.05) is 33.1 Å². The molecule has 0 aromatic rings. The van der Waals surface area contributed by atoms with Gasteiger partial charge in [0.05, 0.1) is 0 Å². The number of nitrogens with zero attached hydrogens (tertiary/aromatic N) is 1. The zero-order valence-electron chi connectivity index (χ0n) is 12.6. The Morgan fingerprint density at radius 2 is 1.41 bits per heavy atom. The van der Waals surface area contributed by atoms with Crippen molar-refractivity contribution in [3.8, 4) is 0 Å². The molecule has 2 heteroatoms. The Balaban J connectivity index is 3.84. The summed E-state index contributed by atoms with van der Waals surface area (Å²) in [6.07, 6.45) is 5.49. The Kier molecular flexibility index (Phi) is 8.28. The molecule has 0 bridgehead atoms. The summed E-state index contributed by atoms with van der Waals surface area (Å²) in [5.41, 5.74) is 0. The molecule has 0 spiro atoms. The molecule has 0 aliphatic carbocycles. The Morgan fingerprint density at radius 3 is 1.82 bits per heavy atom. The van der Waals surface area contributed by atoms with Crippen molar-refractivity contribution in [2.45, 2.75) is 85.7 Å². The van der Waals surface area contributed by atoms with E-state index in [1.54, 1.807) is 0 Å². The van der Waals surface area contributed by atoms with E-state index in [2.05, 4.69) is 41.5 Å². The lowest BCUT2D eigenvalue weighted by molar-refractivity contribution is -0.134. The summed E-state index contributed by atoms with van der Waals surface area (Å²) in [6.45, 7) is 12.9. The molecule has 0 saturated carbocycles. The second-order valence-electron chi connectivity index (χ2n) is 5.98. The van der Waals surface area contributed by atoms with Crippen LogP contribution in [0.1, 0.15) is 73.6 Å². The van der Waals surface area contributed by atoms with Crippen molar-refractivity contribution in [3.63, 3.8) is 0 Å². The van der Waals surface area contributed by atoms with Crippen molar-refractivity contribution < 1.29 is 4.79 Å². The van der Waals surface area contributed by atoms with Gasteiger partial charge in [-0.25, -0.2) is 0 Å². The molecule has 17 heavy (non-hydrogen) atoms. The highest BCUT2D eigenvalue weighted by Crippen LogP contribution is 2.13. The average molecular weight is 241 g/mol. The number of carbonyl (C=O) groups is 1. The van der Waals surface area contributed by atoms with Crippen LogP contribution in [0.15, 0.2) is 0 Å². The van der Waals surface area contributed by atoms with Gasteiger partial charge in [-0.3, -0.25) is 4.79 Å². The smallest absolute Gasteiger partial charge is 0.223 e. The first-order chi connectivity index (χ1) is 7.86. The van der Waals surface area contributed by atoms with E-state index in [0.29, 0.717) is 24.4 Å². The van der Waals surface area contributed by atoms with Gasteiger partial charge in [-0.2, -0.15) is 0 Å². The highest BCUT2D eigenvalue weighted by molar-refractivity contribution is 5.76. The summed E-state index contributed by atoms with van der Waals surface area (Å²) < 4.78 is 0. The molecule has 0 aliphatic heterocycles. The first-order valence-electron chi connectivity index (χ1n) is 7.17. The second-order valence-corrected chi connectivity index (χ2v) is 5.98. The molecule has 0 saturated heterocycles. The third-order valence-electron chi connectivity index (χ3n) is 3.07. The highest BCUT2D eigenvalue weighted by Gasteiger charge is 2.18. The number of unbranched alkanes of at least 4 members (excludes halogenated alkanes) is 2. The van der Waals surface area contributed by atoms with Crippen LogP contribution in [-0.2, 0) is 4.79 Å². The van der Waals surface area contributed by atoms with Gasteiger partial charge in [0, 0.05) is 18.5 Å². The zero-order chi connectivity index (χ0) is 13.4. The van der Waals surface area contributed by atoms with Crippen molar-refractivity contribution in [2.75, 3.05) is 0 Å². The van der Waals surface area contributed by atoms with Crippen molar-refractivity contribution >= 4 is 5.91 Å². The minimum Gasteiger partial charge on any atom is -0.338 e. The fourth-order valence-electron chi connectivity index (χ4n) is 2.31. The lowest BCUT2D eigenvalue weighted by atomic mass is 10.0. The molecule has 102 valence electrons. The van der Waals surface area contributed by atoms with Crippen molar-refractivity contribution in [2.24, 2.45) is 5.92 Å². The Hall–Kier alpha value is -0.530. The van der Waals surface area contributed by atoms with E-state index in [4.69, 9.17) is 0 Å². The van der Waals surface area contributed by atoms with Crippen LogP contribution in [0.5, 0.6) is 0 Å². The number of hydrogen-bond donors (Lipinski definition) is 0. The summed E-state index contributed by atoms with van der Waals surface area (Å²) in [5, 5.41) is 0. The first-order valence-corrected chi connectivity index (χ1v) is 7.17. The van der Waals surface area contributed by atoms with Crippen molar-refractivity contribution in [3.05, 3.63) is 0 Å². The van der Waals surface area contributed by atoms with Crippen molar-refractivity contribution in [1.82, 2.24) is 4.90 Å². The topological polar surface area (TPSA) is 20.3 Å². The van der Waals surface area contributed by atoms with Crippen LogP contribution in [0.4, 0.5) is 0 Å². The molecule has 0 aliphatic rings. The molecule has 0 aromatic carbocycles. The van der Waals surface area contributed by atoms with E-state index in [9.17, 15) is 4.79 Å². The Bertz CT molecular complexity index is 201. The van der Waals surface area contributed by atoms with E-state index in [1.807, 2.05) is 4.90 Å². The fraction of sp³-hybridized carbons (Fsp3) is 0.933. The monoisotopic (exact) mass is 241 g/mol. The molecule has 0 N–H and O–H groups in total. The van der Waals surface area contributed by atoms with Gasteiger partial charge in [0.1, 0.15) is 0 Å². The first kappa shape index (κ1) is 16.5. The van der Waals surface area contributed by atoms with Gasteiger partial charge in [-0.05, 0) is 40.0 Å². The predicted octanol–water partition coefficient (Wildman–Crippen LogP) is 4.24. The molecular formula is C15H31NO. The zero-order valence-corrected chi connectivity index (χ0v) is 12.6. The van der Waals surface area contributed by atoms with E-state index in [-0.39, 0.29) is 0 Å². The average Bonchev–Trinajstić information content (AvgIpc) is 2.15. The van der Waals surface area contributed by atoms with E-state index >= 15 is 0 Å². The third kappa shape index (κ3) is 7.40. The molecule has 0 aromatic heterocycles. The largest absolute Gasteiger partial charge is 0.338 e. The minimum absolute atomic E-state index is 0.318. The van der Waals surface area contributed by atoms with Gasteiger partial charge in [0.2, 0.25) is 5.91 Å². The normalized spacial score (nSPS) is 11.6. The Morgan fingerprint density at radius 1 is 0.882 bits per heavy atom. The van der Waals surface area contributed by atoms with E-state index in [1.165, 1.54) is 19.3 Å². The van der Waals surface area contributed by atoms with Gasteiger partial charge in [0.15, 0.2) is 0 Å². The predicted molar refractivity (Wildman–Crippen MR) is 75.0 cm³/mol. The van der Waals surface area contributed by atoms with Crippen LogP contribution in [0, 0.1) is 5.92 Å². The standard InChI is InChI=1S/C15H31NO/c1-12(2)10-8-7-9-11-15(17)16(13(3)4)14(5)6/h12-14H,7-11H2,1-6H3. The Labute approximate surface area is 108 Å². The quantitative estimate of drug-likeness (QED) is 0.582. The molecule has 0 heterocycles. The molecule has 2 nitrogen and oxygen atoms in total. The third-order valence-corrected chi connectivity index (χ3v) is 3.07. The number of carbonyl (C=O) groups excluding carboxylic acids is 1. The highest BCUT2D eigenvalue weighted by atomic mass is 16.2. The maximum absolute atomic E-state index is 12.0. The molecule has 0 radical (unpaired) electrons. The number of hydrogen-bond acceptors (Lipinski definition) is 1. The van der Waals surface area contributed by atoms with Crippen LogP contribution in [0.2, 0.25) is 0 Å². The molecule has 0 atom stereocenters. The van der Waals surface area contributed by atoms with Crippen LogP contribution in [-0.4, -0.2) is 22.9 Å². The maximum Gasteiger partial charge on any atom is 0.223 e. The van der Waals surface area contributed by atoms with Crippen LogP contribution in [0.25, 0.3) is 0 Å². The van der Waals surface area contributed by atoms with Crippen LogP contribution < -0.4 is 0 Å². The number of amides is 1. The van der Waals surface area contributed by atoms with Crippen LogP contribution >= 0.6 is 0 Å². The summed E-state index contributed by atoms with van der Waals surface area (Å²) in [7, 11) is 0. The van der Waals surface area contributed by atoms with E-state index < -0.39 is 0 Å². The summed E-state index contributed by atoms with van der Waals surface area (Å²) >= 11 is 0. The summed E-state index contributed by atoms with van der Waals surface area (Å²) in [5.74, 6) is 1.10. The molecule has 1 amide bonds. The molecule has 0 unspecified atom stereocenters. The second kappa shape index (κ2) is 8.54. The minimum atomic E-state index is 0.318. The van der Waals surface area contributed by atoms with Gasteiger partial charge >= 0.3 is 0 Å². The molecule has 0 rings (SSSR count). The van der Waals surface area contributed by atoms with Crippen molar-refractivity contribution in [1.29, 1.82) is 0 Å². The molecule has 0 fully saturated rings. The fourth-order valence-corrected chi connectivity index (χ4v) is 2.31. The van der Waals surface area contributed by atoms with Gasteiger partial charge in [-0.15, -0.1) is 0 Å². The van der Waals surface area contributed by atoms with Crippen LogP contribution in [0.3, 0.4) is 0 Å².